The van der Waals surface area contributed by atoms with Gasteiger partial charge in [-0.05, 0) is 24.5 Å². The number of rotatable bonds is 4. The van der Waals surface area contributed by atoms with Crippen LogP contribution in [0.1, 0.15) is 17.5 Å². The summed E-state index contributed by atoms with van der Waals surface area (Å²) in [7, 11) is 0. The molecule has 0 saturated carbocycles. The van der Waals surface area contributed by atoms with Crippen molar-refractivity contribution in [1.82, 2.24) is 9.80 Å². The number of hydrogen-bond donors (Lipinski definition) is 3. The minimum Gasteiger partial charge on any atom is -0.333 e. The van der Waals surface area contributed by atoms with Gasteiger partial charge in [-0.25, -0.2) is 8.78 Å². The Balaban J connectivity index is 1.94. The van der Waals surface area contributed by atoms with Crippen molar-refractivity contribution in [3.63, 3.8) is 0 Å². The second-order valence-electron chi connectivity index (χ2n) is 6.62. The second kappa shape index (κ2) is 8.21. The molecular formula is C17H20F5N5O. The first-order valence-electron chi connectivity index (χ1n) is 8.38. The molecule has 1 amide bonds. The Morgan fingerprint density at radius 3 is 2.46 bits per heavy atom. The summed E-state index contributed by atoms with van der Waals surface area (Å²) in [4.78, 5) is 14.0. The molecule has 1 aliphatic heterocycles. The normalized spacial score (nSPS) is 16.3. The van der Waals surface area contributed by atoms with Crippen molar-refractivity contribution in [3.05, 3.63) is 34.9 Å². The fourth-order valence-corrected chi connectivity index (χ4v) is 2.90. The van der Waals surface area contributed by atoms with Crippen LogP contribution in [0.3, 0.4) is 0 Å². The van der Waals surface area contributed by atoms with Gasteiger partial charge in [-0.1, -0.05) is 6.07 Å². The van der Waals surface area contributed by atoms with E-state index in [-0.39, 0.29) is 43.6 Å². The zero-order valence-corrected chi connectivity index (χ0v) is 15.0. The summed E-state index contributed by atoms with van der Waals surface area (Å²) in [5.41, 5.74) is 6.29. The second-order valence-corrected chi connectivity index (χ2v) is 6.62. The Hall–Kier alpha value is -2.56. The number of aryl methyl sites for hydroxylation is 1. The third kappa shape index (κ3) is 5.03. The average molecular weight is 405 g/mol. The number of carbonyl (C=O) groups is 1. The van der Waals surface area contributed by atoms with Gasteiger partial charge in [0.15, 0.2) is 0 Å². The molecule has 0 bridgehead atoms. The molecule has 1 aromatic rings. The van der Waals surface area contributed by atoms with Crippen molar-refractivity contribution >= 4 is 17.6 Å². The first-order valence-corrected chi connectivity index (χ1v) is 8.38. The minimum absolute atomic E-state index is 0.0190. The number of amides is 1. The van der Waals surface area contributed by atoms with E-state index in [4.69, 9.17) is 16.6 Å². The van der Waals surface area contributed by atoms with E-state index in [1.54, 1.807) is 0 Å². The molecule has 11 heteroatoms. The smallest absolute Gasteiger partial charge is 0.333 e. The summed E-state index contributed by atoms with van der Waals surface area (Å²) < 4.78 is 65.0. The van der Waals surface area contributed by atoms with Crippen LogP contribution in [0.15, 0.2) is 12.1 Å². The molecule has 6 nitrogen and oxygen atoms in total. The largest absolute Gasteiger partial charge is 0.449 e. The van der Waals surface area contributed by atoms with Gasteiger partial charge in [-0.15, -0.1) is 0 Å². The fraction of sp³-hybridized carbons (Fsp3) is 0.471. The van der Waals surface area contributed by atoms with Gasteiger partial charge in [0.2, 0.25) is 11.7 Å². The molecule has 0 unspecified atom stereocenters. The molecule has 1 fully saturated rings. The summed E-state index contributed by atoms with van der Waals surface area (Å²) >= 11 is 0. The Morgan fingerprint density at radius 2 is 1.89 bits per heavy atom. The molecular weight excluding hydrogens is 385 g/mol. The van der Waals surface area contributed by atoms with E-state index in [1.165, 1.54) is 17.9 Å². The molecule has 0 spiro atoms. The third-order valence-corrected chi connectivity index (χ3v) is 4.40. The molecule has 1 saturated heterocycles. The summed E-state index contributed by atoms with van der Waals surface area (Å²) in [5, 5.41) is 14.8. The maximum Gasteiger partial charge on any atom is 0.449 e. The SMILES string of the molecule is Cc1cc(C[C@@H](N)CC(=O)N2CCN(C(=N)C(F)(F)F)C(=N)C2)c(F)cc1F. The topological polar surface area (TPSA) is 97.3 Å². The Morgan fingerprint density at radius 1 is 1.25 bits per heavy atom. The Kier molecular flexibility index (Phi) is 6.37. The predicted molar refractivity (Wildman–Crippen MR) is 92.2 cm³/mol. The number of halogens is 5. The van der Waals surface area contributed by atoms with Gasteiger partial charge < -0.3 is 15.5 Å². The highest BCUT2D eigenvalue weighted by Gasteiger charge is 2.41. The van der Waals surface area contributed by atoms with Gasteiger partial charge >= 0.3 is 6.18 Å². The Bertz CT molecular complexity index is 795. The number of hydrogen-bond acceptors (Lipinski definition) is 4. The molecule has 4 N–H and O–H groups in total. The van der Waals surface area contributed by atoms with E-state index < -0.39 is 41.4 Å². The maximum absolute atomic E-state index is 13.8. The minimum atomic E-state index is -4.88. The van der Waals surface area contributed by atoms with E-state index >= 15 is 0 Å². The molecule has 0 aromatic heterocycles. The van der Waals surface area contributed by atoms with E-state index in [2.05, 4.69) is 0 Å². The van der Waals surface area contributed by atoms with Crippen LogP contribution in [0.25, 0.3) is 0 Å². The van der Waals surface area contributed by atoms with Crippen LogP contribution < -0.4 is 5.73 Å². The summed E-state index contributed by atoms with van der Waals surface area (Å²) in [6.07, 6.45) is -5.10. The molecule has 1 aliphatic rings. The number of alkyl halides is 3. The number of nitrogens with one attached hydrogen (secondary N) is 2. The van der Waals surface area contributed by atoms with Gasteiger partial charge in [-0.3, -0.25) is 15.6 Å². The lowest BCUT2D eigenvalue weighted by Gasteiger charge is -2.37. The summed E-state index contributed by atoms with van der Waals surface area (Å²) in [5.74, 6) is -4.12. The highest BCUT2D eigenvalue weighted by molar-refractivity contribution is 6.02. The fourth-order valence-electron chi connectivity index (χ4n) is 2.90. The number of nitrogens with zero attached hydrogens (tertiary/aromatic N) is 2. The highest BCUT2D eigenvalue weighted by atomic mass is 19.4. The van der Waals surface area contributed by atoms with Crippen molar-refractivity contribution < 1.29 is 26.7 Å². The quantitative estimate of drug-likeness (QED) is 0.407. The number of benzene rings is 1. The van der Waals surface area contributed by atoms with Gasteiger partial charge in [0.25, 0.3) is 0 Å². The zero-order valence-electron chi connectivity index (χ0n) is 15.0. The molecule has 28 heavy (non-hydrogen) atoms. The van der Waals surface area contributed by atoms with E-state index in [0.29, 0.717) is 4.90 Å². The van der Waals surface area contributed by atoms with Crippen molar-refractivity contribution in [2.45, 2.75) is 32.0 Å². The number of amidine groups is 2. The first kappa shape index (κ1) is 21.7. The van der Waals surface area contributed by atoms with Crippen LogP contribution >= 0.6 is 0 Å². The van der Waals surface area contributed by atoms with Gasteiger partial charge in [0, 0.05) is 31.6 Å². The van der Waals surface area contributed by atoms with E-state index in [9.17, 15) is 26.7 Å². The number of piperazine rings is 1. The van der Waals surface area contributed by atoms with Crippen molar-refractivity contribution in [1.29, 1.82) is 10.8 Å². The van der Waals surface area contributed by atoms with Crippen molar-refractivity contribution in [2.24, 2.45) is 5.73 Å². The summed E-state index contributed by atoms with van der Waals surface area (Å²) in [6.45, 7) is 0.660. The lowest BCUT2D eigenvalue weighted by molar-refractivity contribution is -0.131. The van der Waals surface area contributed by atoms with Crippen LogP contribution in [-0.2, 0) is 11.2 Å². The number of carbonyl (C=O) groups excluding carboxylic acids is 1. The van der Waals surface area contributed by atoms with Crippen LogP contribution in [-0.4, -0.2) is 59.2 Å². The first-order chi connectivity index (χ1) is 12.9. The van der Waals surface area contributed by atoms with Gasteiger partial charge in [-0.2, -0.15) is 13.2 Å². The van der Waals surface area contributed by atoms with Crippen molar-refractivity contribution in [2.75, 3.05) is 19.6 Å². The molecule has 1 heterocycles. The highest BCUT2D eigenvalue weighted by Crippen LogP contribution is 2.21. The van der Waals surface area contributed by atoms with E-state index in [0.717, 1.165) is 6.07 Å². The monoisotopic (exact) mass is 405 g/mol. The standard InChI is InChI=1S/C17H20F5N5O/c1-9-4-10(13(19)7-12(9)18)5-11(23)6-15(28)26-2-3-27(14(24)8-26)16(25)17(20,21)22/h4,7,11,24-25H,2-3,5-6,8,23H2,1H3/t11-/m1/s1. The zero-order chi connectivity index (χ0) is 21.2. The molecule has 0 radical (unpaired) electrons. The average Bonchev–Trinajstić information content (AvgIpc) is 2.58. The van der Waals surface area contributed by atoms with Crippen LogP contribution in [0.4, 0.5) is 22.0 Å². The van der Waals surface area contributed by atoms with Crippen LogP contribution in [0.5, 0.6) is 0 Å². The van der Waals surface area contributed by atoms with Crippen molar-refractivity contribution in [3.8, 4) is 0 Å². The molecule has 1 aromatic carbocycles. The summed E-state index contributed by atoms with van der Waals surface area (Å²) in [6, 6.07) is 1.27. The van der Waals surface area contributed by atoms with Crippen LogP contribution in [0.2, 0.25) is 0 Å². The predicted octanol–water partition coefficient (Wildman–Crippen LogP) is 2.19. The lowest BCUT2D eigenvalue weighted by Crippen LogP contribution is -2.56. The molecule has 0 aliphatic carbocycles. The lowest BCUT2D eigenvalue weighted by atomic mass is 10.0. The van der Waals surface area contributed by atoms with Gasteiger partial charge in [0.1, 0.15) is 17.5 Å². The molecule has 154 valence electrons. The molecule has 2 rings (SSSR count). The Labute approximate surface area is 158 Å². The third-order valence-electron chi connectivity index (χ3n) is 4.40. The van der Waals surface area contributed by atoms with Crippen LogP contribution in [0, 0.1) is 29.4 Å². The number of nitrogens with two attached hydrogens (primary N) is 1. The molecule has 1 atom stereocenters. The maximum atomic E-state index is 13.8. The van der Waals surface area contributed by atoms with Gasteiger partial charge in [0.05, 0.1) is 6.54 Å². The van der Waals surface area contributed by atoms with E-state index in [1.807, 2.05) is 0 Å².